The predicted octanol–water partition coefficient (Wildman–Crippen LogP) is 5.10. The lowest BCUT2D eigenvalue weighted by molar-refractivity contribution is -0.115. The minimum Gasteiger partial charge on any atom is -0.492 e. The minimum atomic E-state index is -0.409. The van der Waals surface area contributed by atoms with Gasteiger partial charge in [-0.3, -0.25) is 9.36 Å². The number of furan rings is 1. The van der Waals surface area contributed by atoms with Crippen LogP contribution in [0.5, 0.6) is 5.75 Å². The predicted molar refractivity (Wildman–Crippen MR) is 125 cm³/mol. The summed E-state index contributed by atoms with van der Waals surface area (Å²) in [6.07, 6.45) is 1.61. The third-order valence-corrected chi connectivity index (χ3v) is 5.82. The molecule has 1 atom stereocenters. The van der Waals surface area contributed by atoms with Gasteiger partial charge in [-0.2, -0.15) is 0 Å². The quantitative estimate of drug-likeness (QED) is 0.359. The van der Waals surface area contributed by atoms with Gasteiger partial charge in [0.05, 0.1) is 30.4 Å². The molecule has 7 nitrogen and oxygen atoms in total. The van der Waals surface area contributed by atoms with E-state index in [9.17, 15) is 4.79 Å². The molecule has 0 radical (unpaired) electrons. The first-order valence-corrected chi connectivity index (χ1v) is 11.2. The lowest BCUT2D eigenvalue weighted by Gasteiger charge is -2.15. The standard InChI is InChI=1S/C24H24N4O3S/c1-3-30-20-13-8-7-12-19(20)25-23(29)17(2)32-24-27-26-22(21-14-9-15-31-21)28(24)16-18-10-5-4-6-11-18/h4-15,17H,3,16H2,1-2H3,(H,25,29). The summed E-state index contributed by atoms with van der Waals surface area (Å²) in [4.78, 5) is 12.9. The maximum atomic E-state index is 12.9. The van der Waals surface area contributed by atoms with Gasteiger partial charge < -0.3 is 14.5 Å². The summed E-state index contributed by atoms with van der Waals surface area (Å²) in [5.74, 6) is 1.75. The molecule has 1 amide bonds. The Labute approximate surface area is 190 Å². The lowest BCUT2D eigenvalue weighted by atomic mass is 10.2. The highest BCUT2D eigenvalue weighted by atomic mass is 32.2. The second-order valence-corrected chi connectivity index (χ2v) is 8.34. The molecule has 0 aliphatic heterocycles. The second-order valence-electron chi connectivity index (χ2n) is 7.03. The molecule has 2 aromatic heterocycles. The SMILES string of the molecule is CCOc1ccccc1NC(=O)C(C)Sc1nnc(-c2ccco2)n1Cc1ccccc1. The van der Waals surface area contributed by atoms with Crippen molar-refractivity contribution in [1.29, 1.82) is 0 Å². The molecule has 0 saturated heterocycles. The third-order valence-electron chi connectivity index (χ3n) is 4.74. The third kappa shape index (κ3) is 5.03. The summed E-state index contributed by atoms with van der Waals surface area (Å²) in [5.41, 5.74) is 1.75. The van der Waals surface area contributed by atoms with Crippen molar-refractivity contribution in [2.75, 3.05) is 11.9 Å². The van der Waals surface area contributed by atoms with Crippen LogP contribution in [0.3, 0.4) is 0 Å². The van der Waals surface area contributed by atoms with Gasteiger partial charge in [0.1, 0.15) is 5.75 Å². The number of aromatic nitrogens is 3. The van der Waals surface area contributed by atoms with Crippen LogP contribution in [0, 0.1) is 0 Å². The molecule has 0 spiro atoms. The molecule has 1 unspecified atom stereocenters. The number of rotatable bonds is 9. The number of para-hydroxylation sites is 2. The van der Waals surface area contributed by atoms with Crippen molar-refractivity contribution >= 4 is 23.4 Å². The first kappa shape index (κ1) is 21.7. The normalized spacial score (nSPS) is 11.8. The highest BCUT2D eigenvalue weighted by Gasteiger charge is 2.22. The summed E-state index contributed by atoms with van der Waals surface area (Å²) >= 11 is 1.35. The average Bonchev–Trinajstić information content (AvgIpc) is 3.46. The monoisotopic (exact) mass is 448 g/mol. The number of anilines is 1. The Balaban J connectivity index is 1.55. The Kier molecular flexibility index (Phi) is 6.91. The molecule has 0 bridgehead atoms. The first-order valence-electron chi connectivity index (χ1n) is 10.4. The Morgan fingerprint density at radius 3 is 2.62 bits per heavy atom. The molecule has 0 saturated carbocycles. The molecule has 8 heteroatoms. The number of carbonyl (C=O) groups is 1. The molecule has 2 aromatic carbocycles. The largest absolute Gasteiger partial charge is 0.492 e. The van der Waals surface area contributed by atoms with Crippen LogP contribution in [-0.4, -0.2) is 32.5 Å². The Morgan fingerprint density at radius 1 is 1.09 bits per heavy atom. The molecule has 0 fully saturated rings. The van der Waals surface area contributed by atoms with Crippen molar-refractivity contribution in [2.45, 2.75) is 30.8 Å². The lowest BCUT2D eigenvalue weighted by Crippen LogP contribution is -2.23. The average molecular weight is 449 g/mol. The number of carbonyl (C=O) groups excluding carboxylic acids is 1. The molecule has 164 valence electrons. The van der Waals surface area contributed by atoms with Gasteiger partial charge >= 0.3 is 0 Å². The Morgan fingerprint density at radius 2 is 1.88 bits per heavy atom. The fourth-order valence-electron chi connectivity index (χ4n) is 3.17. The van der Waals surface area contributed by atoms with Gasteiger partial charge in [-0.15, -0.1) is 10.2 Å². The summed E-state index contributed by atoms with van der Waals surface area (Å²) < 4.78 is 13.1. The van der Waals surface area contributed by atoms with Gasteiger partial charge in [-0.1, -0.05) is 54.2 Å². The van der Waals surface area contributed by atoms with Crippen molar-refractivity contribution < 1.29 is 13.9 Å². The van der Waals surface area contributed by atoms with Crippen LogP contribution in [0.25, 0.3) is 11.6 Å². The van der Waals surface area contributed by atoms with Crippen molar-refractivity contribution in [2.24, 2.45) is 0 Å². The molecular weight excluding hydrogens is 424 g/mol. The van der Waals surface area contributed by atoms with E-state index < -0.39 is 5.25 Å². The van der Waals surface area contributed by atoms with Gasteiger partial charge in [0.25, 0.3) is 0 Å². The second kappa shape index (κ2) is 10.2. The van der Waals surface area contributed by atoms with Crippen molar-refractivity contribution in [3.05, 3.63) is 78.6 Å². The number of nitrogens with one attached hydrogen (secondary N) is 1. The van der Waals surface area contributed by atoms with Crippen LogP contribution < -0.4 is 10.1 Å². The molecule has 32 heavy (non-hydrogen) atoms. The molecule has 1 N–H and O–H groups in total. The van der Waals surface area contributed by atoms with Gasteiger partial charge in [0, 0.05) is 0 Å². The molecular formula is C24H24N4O3S. The maximum absolute atomic E-state index is 12.9. The van der Waals surface area contributed by atoms with Crippen molar-refractivity contribution in [3.63, 3.8) is 0 Å². The van der Waals surface area contributed by atoms with Crippen LogP contribution in [-0.2, 0) is 11.3 Å². The van der Waals surface area contributed by atoms with Crippen molar-refractivity contribution in [3.8, 4) is 17.3 Å². The van der Waals surface area contributed by atoms with E-state index in [0.717, 1.165) is 5.56 Å². The number of thioether (sulfide) groups is 1. The molecule has 4 rings (SSSR count). The van der Waals surface area contributed by atoms with Crippen LogP contribution in [0.15, 0.2) is 82.6 Å². The van der Waals surface area contributed by atoms with E-state index in [1.54, 1.807) is 6.26 Å². The zero-order valence-electron chi connectivity index (χ0n) is 17.9. The summed E-state index contributed by atoms with van der Waals surface area (Å²) in [6.45, 7) is 4.84. The number of amides is 1. The van der Waals surface area contributed by atoms with Gasteiger partial charge in [0.2, 0.25) is 11.7 Å². The summed E-state index contributed by atoms with van der Waals surface area (Å²) in [6, 6.07) is 21.1. The van der Waals surface area contributed by atoms with Crippen molar-refractivity contribution in [1.82, 2.24) is 14.8 Å². The van der Waals surface area contributed by atoms with E-state index in [2.05, 4.69) is 15.5 Å². The van der Waals surface area contributed by atoms with Crippen LogP contribution in [0.2, 0.25) is 0 Å². The Bertz CT molecular complexity index is 1160. The molecule has 0 aliphatic rings. The van der Waals surface area contributed by atoms with Crippen LogP contribution in [0.1, 0.15) is 19.4 Å². The first-order chi connectivity index (χ1) is 15.7. The molecule has 0 aliphatic carbocycles. The highest BCUT2D eigenvalue weighted by molar-refractivity contribution is 8.00. The maximum Gasteiger partial charge on any atom is 0.237 e. The number of benzene rings is 2. The van der Waals surface area contributed by atoms with E-state index in [1.807, 2.05) is 85.1 Å². The van der Waals surface area contributed by atoms with Gasteiger partial charge in [0.15, 0.2) is 10.9 Å². The topological polar surface area (TPSA) is 82.2 Å². The zero-order valence-corrected chi connectivity index (χ0v) is 18.7. The molecule has 4 aromatic rings. The summed E-state index contributed by atoms with van der Waals surface area (Å²) in [7, 11) is 0. The number of ether oxygens (including phenoxy) is 1. The van der Waals surface area contributed by atoms with Gasteiger partial charge in [-0.05, 0) is 43.7 Å². The Hall–Kier alpha value is -3.52. The van der Waals surface area contributed by atoms with E-state index >= 15 is 0 Å². The number of nitrogens with zero attached hydrogens (tertiary/aromatic N) is 3. The number of hydrogen-bond donors (Lipinski definition) is 1. The summed E-state index contributed by atoms with van der Waals surface area (Å²) in [5, 5.41) is 11.9. The fourth-order valence-corrected chi connectivity index (χ4v) is 4.02. The minimum absolute atomic E-state index is 0.143. The number of hydrogen-bond acceptors (Lipinski definition) is 6. The smallest absolute Gasteiger partial charge is 0.237 e. The van der Waals surface area contributed by atoms with Crippen LogP contribution >= 0.6 is 11.8 Å². The van der Waals surface area contributed by atoms with Gasteiger partial charge in [-0.25, -0.2) is 0 Å². The van der Waals surface area contributed by atoms with E-state index in [-0.39, 0.29) is 5.91 Å². The molecule has 2 heterocycles. The fraction of sp³-hybridized carbons (Fsp3) is 0.208. The van der Waals surface area contributed by atoms with Crippen LogP contribution in [0.4, 0.5) is 5.69 Å². The highest BCUT2D eigenvalue weighted by Crippen LogP contribution is 2.30. The zero-order chi connectivity index (χ0) is 22.3. The van der Waals surface area contributed by atoms with E-state index in [1.165, 1.54) is 11.8 Å². The van der Waals surface area contributed by atoms with E-state index in [0.29, 0.717) is 41.3 Å². The van der Waals surface area contributed by atoms with E-state index in [4.69, 9.17) is 9.15 Å².